The van der Waals surface area contributed by atoms with Crippen molar-refractivity contribution in [2.45, 2.75) is 19.1 Å². The standard InChI is InChI=1S/C11H12ClFO4/c1-2-17-11(16)10(15)9(14)7-4-3-6(12)5-8(7)13/h3-5,9-10,14-15H,2H2,1H3. The van der Waals surface area contributed by atoms with Crippen LogP contribution in [0.4, 0.5) is 4.39 Å². The summed E-state index contributed by atoms with van der Waals surface area (Å²) >= 11 is 5.54. The minimum Gasteiger partial charge on any atom is -0.464 e. The molecular weight excluding hydrogens is 251 g/mol. The molecule has 6 heteroatoms. The van der Waals surface area contributed by atoms with E-state index < -0.39 is 24.0 Å². The molecule has 2 unspecified atom stereocenters. The highest BCUT2D eigenvalue weighted by molar-refractivity contribution is 6.30. The summed E-state index contributed by atoms with van der Waals surface area (Å²) in [4.78, 5) is 11.2. The van der Waals surface area contributed by atoms with Gasteiger partial charge in [-0.15, -0.1) is 0 Å². The second-order valence-corrected chi connectivity index (χ2v) is 3.74. The highest BCUT2D eigenvalue weighted by Crippen LogP contribution is 2.23. The highest BCUT2D eigenvalue weighted by Gasteiger charge is 2.28. The fourth-order valence-electron chi connectivity index (χ4n) is 1.27. The summed E-state index contributed by atoms with van der Waals surface area (Å²) in [6.45, 7) is 1.62. The summed E-state index contributed by atoms with van der Waals surface area (Å²) < 4.78 is 17.9. The molecule has 0 saturated carbocycles. The van der Waals surface area contributed by atoms with Crippen molar-refractivity contribution in [1.82, 2.24) is 0 Å². The molecule has 0 aromatic heterocycles. The third kappa shape index (κ3) is 3.39. The lowest BCUT2D eigenvalue weighted by Gasteiger charge is -2.17. The van der Waals surface area contributed by atoms with Crippen molar-refractivity contribution in [3.63, 3.8) is 0 Å². The molecule has 94 valence electrons. The lowest BCUT2D eigenvalue weighted by Crippen LogP contribution is -2.30. The van der Waals surface area contributed by atoms with E-state index in [2.05, 4.69) is 4.74 Å². The van der Waals surface area contributed by atoms with Crippen LogP contribution in [-0.2, 0) is 9.53 Å². The van der Waals surface area contributed by atoms with Crippen LogP contribution in [0.25, 0.3) is 0 Å². The molecule has 0 heterocycles. The molecule has 0 aliphatic rings. The molecule has 2 N–H and O–H groups in total. The monoisotopic (exact) mass is 262 g/mol. The van der Waals surface area contributed by atoms with Crippen molar-refractivity contribution >= 4 is 17.6 Å². The zero-order chi connectivity index (χ0) is 13.0. The van der Waals surface area contributed by atoms with E-state index in [1.807, 2.05) is 0 Å². The minimum absolute atomic E-state index is 0.0612. The number of benzene rings is 1. The number of halogens is 2. The summed E-state index contributed by atoms with van der Waals surface area (Å²) in [6, 6.07) is 3.53. The van der Waals surface area contributed by atoms with Gasteiger partial charge >= 0.3 is 5.97 Å². The topological polar surface area (TPSA) is 66.8 Å². The lowest BCUT2D eigenvalue weighted by atomic mass is 10.0. The zero-order valence-electron chi connectivity index (χ0n) is 9.06. The fraction of sp³-hybridized carbons (Fsp3) is 0.364. The third-order valence-electron chi connectivity index (χ3n) is 2.11. The van der Waals surface area contributed by atoms with Gasteiger partial charge in [-0.25, -0.2) is 9.18 Å². The number of carbonyl (C=O) groups is 1. The van der Waals surface area contributed by atoms with E-state index in [9.17, 15) is 19.4 Å². The quantitative estimate of drug-likeness (QED) is 0.806. The molecule has 0 aliphatic carbocycles. The summed E-state index contributed by atoms with van der Waals surface area (Å²) in [7, 11) is 0. The van der Waals surface area contributed by atoms with Crippen LogP contribution < -0.4 is 0 Å². The van der Waals surface area contributed by atoms with Gasteiger partial charge in [0.15, 0.2) is 6.10 Å². The minimum atomic E-state index is -1.83. The Hall–Kier alpha value is -1.17. The number of carbonyl (C=O) groups excluding carboxylic acids is 1. The van der Waals surface area contributed by atoms with Crippen LogP contribution in [0, 0.1) is 5.82 Å². The summed E-state index contributed by atoms with van der Waals surface area (Å²) in [6.07, 6.45) is -3.52. The van der Waals surface area contributed by atoms with Crippen molar-refractivity contribution in [2.75, 3.05) is 6.61 Å². The van der Waals surface area contributed by atoms with Crippen molar-refractivity contribution < 1.29 is 24.1 Å². The first kappa shape index (κ1) is 13.9. The number of aliphatic hydroxyl groups excluding tert-OH is 2. The van der Waals surface area contributed by atoms with E-state index >= 15 is 0 Å². The molecule has 0 saturated heterocycles. The van der Waals surface area contributed by atoms with Gasteiger partial charge in [0, 0.05) is 10.6 Å². The molecule has 0 radical (unpaired) electrons. The van der Waals surface area contributed by atoms with Crippen LogP contribution in [0.2, 0.25) is 5.02 Å². The fourth-order valence-corrected chi connectivity index (χ4v) is 1.43. The van der Waals surface area contributed by atoms with Gasteiger partial charge in [-0.2, -0.15) is 0 Å². The molecule has 0 aliphatic heterocycles. The normalized spacial score (nSPS) is 14.2. The first-order valence-corrected chi connectivity index (χ1v) is 5.33. The van der Waals surface area contributed by atoms with Crippen molar-refractivity contribution in [3.05, 3.63) is 34.6 Å². The van der Waals surface area contributed by atoms with Crippen molar-refractivity contribution in [1.29, 1.82) is 0 Å². The number of rotatable bonds is 4. The first-order chi connectivity index (χ1) is 7.97. The number of hydrogen-bond donors (Lipinski definition) is 2. The second kappa shape index (κ2) is 5.95. The number of aliphatic hydroxyl groups is 2. The molecule has 0 amide bonds. The summed E-state index contributed by atoms with van der Waals surface area (Å²) in [5.41, 5.74) is -0.213. The molecule has 1 aromatic carbocycles. The van der Waals surface area contributed by atoms with E-state index in [-0.39, 0.29) is 17.2 Å². The van der Waals surface area contributed by atoms with Crippen LogP contribution in [0.15, 0.2) is 18.2 Å². The Labute approximate surface area is 103 Å². The molecule has 1 aromatic rings. The first-order valence-electron chi connectivity index (χ1n) is 4.95. The van der Waals surface area contributed by atoms with Crippen LogP contribution >= 0.6 is 11.6 Å². The van der Waals surface area contributed by atoms with E-state index in [4.69, 9.17) is 11.6 Å². The van der Waals surface area contributed by atoms with Gasteiger partial charge in [0.1, 0.15) is 11.9 Å². The summed E-state index contributed by atoms with van der Waals surface area (Å²) in [5.74, 6) is -1.80. The van der Waals surface area contributed by atoms with Crippen molar-refractivity contribution in [2.24, 2.45) is 0 Å². The van der Waals surface area contributed by atoms with Gasteiger partial charge in [0.2, 0.25) is 0 Å². The Morgan fingerprint density at radius 2 is 2.18 bits per heavy atom. The van der Waals surface area contributed by atoms with Gasteiger partial charge in [-0.3, -0.25) is 0 Å². The Balaban J connectivity index is 2.88. The highest BCUT2D eigenvalue weighted by atomic mass is 35.5. The van der Waals surface area contributed by atoms with Crippen LogP contribution in [-0.4, -0.2) is 28.9 Å². The molecule has 0 bridgehead atoms. The van der Waals surface area contributed by atoms with Gasteiger partial charge < -0.3 is 14.9 Å². The molecule has 2 atom stereocenters. The maximum atomic E-state index is 13.4. The van der Waals surface area contributed by atoms with E-state index in [1.54, 1.807) is 6.92 Å². The predicted molar refractivity (Wildman–Crippen MR) is 59.0 cm³/mol. The molecule has 1 rings (SSSR count). The maximum absolute atomic E-state index is 13.4. The Morgan fingerprint density at radius 1 is 1.53 bits per heavy atom. The van der Waals surface area contributed by atoms with Crippen LogP contribution in [0.1, 0.15) is 18.6 Å². The number of hydrogen-bond acceptors (Lipinski definition) is 4. The maximum Gasteiger partial charge on any atom is 0.338 e. The lowest BCUT2D eigenvalue weighted by molar-refractivity contribution is -0.159. The average Bonchev–Trinajstić information content (AvgIpc) is 2.27. The second-order valence-electron chi connectivity index (χ2n) is 3.31. The zero-order valence-corrected chi connectivity index (χ0v) is 9.82. The Bertz CT molecular complexity index is 410. The molecule has 0 fully saturated rings. The van der Waals surface area contributed by atoms with Crippen LogP contribution in [0.3, 0.4) is 0 Å². The smallest absolute Gasteiger partial charge is 0.338 e. The third-order valence-corrected chi connectivity index (χ3v) is 2.34. The summed E-state index contributed by atoms with van der Waals surface area (Å²) in [5, 5.41) is 19.2. The SMILES string of the molecule is CCOC(=O)C(O)C(O)c1ccc(Cl)cc1F. The van der Waals surface area contributed by atoms with E-state index in [0.29, 0.717) is 0 Å². The number of esters is 1. The molecule has 4 nitrogen and oxygen atoms in total. The Kier molecular flexibility index (Phi) is 4.86. The van der Waals surface area contributed by atoms with E-state index in [1.165, 1.54) is 12.1 Å². The molecule has 0 spiro atoms. The van der Waals surface area contributed by atoms with Crippen molar-refractivity contribution in [3.8, 4) is 0 Å². The van der Waals surface area contributed by atoms with Crippen LogP contribution in [0.5, 0.6) is 0 Å². The average molecular weight is 263 g/mol. The molecule has 17 heavy (non-hydrogen) atoms. The Morgan fingerprint density at radius 3 is 2.71 bits per heavy atom. The van der Waals surface area contributed by atoms with Gasteiger partial charge in [0.25, 0.3) is 0 Å². The van der Waals surface area contributed by atoms with Gasteiger partial charge in [0.05, 0.1) is 6.61 Å². The van der Waals surface area contributed by atoms with Gasteiger partial charge in [-0.1, -0.05) is 17.7 Å². The number of ether oxygens (including phenoxy) is 1. The van der Waals surface area contributed by atoms with Gasteiger partial charge in [-0.05, 0) is 19.1 Å². The van der Waals surface area contributed by atoms with E-state index in [0.717, 1.165) is 6.07 Å². The molecular formula is C11H12ClFO4. The largest absolute Gasteiger partial charge is 0.464 e. The predicted octanol–water partition coefficient (Wildman–Crippen LogP) is 1.44.